The van der Waals surface area contributed by atoms with E-state index in [1.807, 2.05) is 6.92 Å². The van der Waals surface area contributed by atoms with Crippen LogP contribution < -0.4 is 10.6 Å². The fraction of sp³-hybridized carbons (Fsp3) is 0.750. The van der Waals surface area contributed by atoms with Crippen LogP contribution in [0.4, 0.5) is 4.79 Å². The monoisotopic (exact) mass is 274 g/mol. The molecule has 7 nitrogen and oxygen atoms in total. The van der Waals surface area contributed by atoms with Crippen LogP contribution in [0.2, 0.25) is 0 Å². The van der Waals surface area contributed by atoms with E-state index in [-0.39, 0.29) is 18.9 Å². The van der Waals surface area contributed by atoms with Crippen molar-refractivity contribution >= 4 is 18.0 Å². The number of rotatable bonds is 8. The van der Waals surface area contributed by atoms with E-state index < -0.39 is 24.0 Å². The number of ether oxygens (including phenoxy) is 1. The zero-order valence-electron chi connectivity index (χ0n) is 11.6. The Balaban J connectivity index is 4.07. The molecule has 0 aliphatic rings. The second-order valence-electron chi connectivity index (χ2n) is 4.16. The molecule has 2 amide bonds. The SMILES string of the molecule is CCOC(=O)CCNC(=O)N[C@H](C(=O)O)[C@@H](C)CC. The first-order chi connectivity index (χ1) is 8.92. The number of amides is 2. The van der Waals surface area contributed by atoms with E-state index in [4.69, 9.17) is 9.84 Å². The van der Waals surface area contributed by atoms with Crippen LogP contribution in [-0.2, 0) is 14.3 Å². The minimum atomic E-state index is -1.07. The molecular formula is C12H22N2O5. The summed E-state index contributed by atoms with van der Waals surface area (Å²) >= 11 is 0. The first-order valence-corrected chi connectivity index (χ1v) is 6.35. The van der Waals surface area contributed by atoms with Gasteiger partial charge in [0.1, 0.15) is 6.04 Å². The number of nitrogens with one attached hydrogen (secondary N) is 2. The van der Waals surface area contributed by atoms with Crippen molar-refractivity contribution in [2.75, 3.05) is 13.2 Å². The third-order valence-corrected chi connectivity index (χ3v) is 2.69. The molecule has 0 radical (unpaired) electrons. The molecule has 0 bridgehead atoms. The van der Waals surface area contributed by atoms with Crippen LogP contribution in [0, 0.1) is 5.92 Å². The standard InChI is InChI=1S/C12H22N2O5/c1-4-8(3)10(11(16)17)14-12(18)13-7-6-9(15)19-5-2/h8,10H,4-7H2,1-3H3,(H,16,17)(H2,13,14,18)/t8-,10-/m0/s1. The maximum atomic E-state index is 11.5. The molecular weight excluding hydrogens is 252 g/mol. The van der Waals surface area contributed by atoms with Gasteiger partial charge in [-0.1, -0.05) is 20.3 Å². The van der Waals surface area contributed by atoms with Crippen molar-refractivity contribution in [3.63, 3.8) is 0 Å². The summed E-state index contributed by atoms with van der Waals surface area (Å²) in [5, 5.41) is 13.8. The van der Waals surface area contributed by atoms with E-state index in [9.17, 15) is 14.4 Å². The molecule has 0 heterocycles. The topological polar surface area (TPSA) is 105 Å². The highest BCUT2D eigenvalue weighted by atomic mass is 16.5. The van der Waals surface area contributed by atoms with Gasteiger partial charge in [0.15, 0.2) is 0 Å². The number of carboxylic acid groups (broad SMARTS) is 1. The number of hydrogen-bond acceptors (Lipinski definition) is 4. The van der Waals surface area contributed by atoms with Crippen molar-refractivity contribution in [3.8, 4) is 0 Å². The summed E-state index contributed by atoms with van der Waals surface area (Å²) < 4.78 is 4.69. The smallest absolute Gasteiger partial charge is 0.326 e. The van der Waals surface area contributed by atoms with Gasteiger partial charge in [0.25, 0.3) is 0 Å². The van der Waals surface area contributed by atoms with Gasteiger partial charge in [-0.15, -0.1) is 0 Å². The summed E-state index contributed by atoms with van der Waals surface area (Å²) in [4.78, 5) is 33.5. The van der Waals surface area contributed by atoms with E-state index in [1.54, 1.807) is 13.8 Å². The molecule has 7 heteroatoms. The predicted molar refractivity (Wildman–Crippen MR) is 68.7 cm³/mol. The summed E-state index contributed by atoms with van der Waals surface area (Å²) in [6, 6.07) is -1.54. The summed E-state index contributed by atoms with van der Waals surface area (Å²) in [5.74, 6) is -1.65. The average molecular weight is 274 g/mol. The van der Waals surface area contributed by atoms with Gasteiger partial charge >= 0.3 is 18.0 Å². The van der Waals surface area contributed by atoms with E-state index in [0.29, 0.717) is 13.0 Å². The van der Waals surface area contributed by atoms with Gasteiger partial charge in [-0.05, 0) is 12.8 Å². The second kappa shape index (κ2) is 9.18. The second-order valence-corrected chi connectivity index (χ2v) is 4.16. The van der Waals surface area contributed by atoms with E-state index >= 15 is 0 Å². The number of carbonyl (C=O) groups excluding carboxylic acids is 2. The van der Waals surface area contributed by atoms with E-state index in [0.717, 1.165) is 0 Å². The predicted octanol–water partition coefficient (Wildman–Crippen LogP) is 0.738. The van der Waals surface area contributed by atoms with Crippen LogP contribution in [0.3, 0.4) is 0 Å². The first kappa shape index (κ1) is 17.2. The van der Waals surface area contributed by atoms with Gasteiger partial charge in [0.2, 0.25) is 0 Å². The summed E-state index contributed by atoms with van der Waals surface area (Å²) in [6.45, 7) is 5.69. The molecule has 0 aromatic heterocycles. The third-order valence-electron chi connectivity index (χ3n) is 2.69. The molecule has 2 atom stereocenters. The first-order valence-electron chi connectivity index (χ1n) is 6.35. The van der Waals surface area contributed by atoms with Crippen LogP contribution in [0.1, 0.15) is 33.6 Å². The number of esters is 1. The lowest BCUT2D eigenvalue weighted by Crippen LogP contribution is -2.49. The Morgan fingerprint density at radius 3 is 2.37 bits per heavy atom. The molecule has 0 rings (SSSR count). The molecule has 19 heavy (non-hydrogen) atoms. The number of hydrogen-bond donors (Lipinski definition) is 3. The van der Waals surface area contributed by atoms with Gasteiger partial charge in [-0.25, -0.2) is 9.59 Å². The largest absolute Gasteiger partial charge is 0.480 e. The maximum absolute atomic E-state index is 11.5. The van der Waals surface area contributed by atoms with Crippen molar-refractivity contribution in [3.05, 3.63) is 0 Å². The zero-order chi connectivity index (χ0) is 14.8. The Labute approximate surface area is 112 Å². The summed E-state index contributed by atoms with van der Waals surface area (Å²) in [5.41, 5.74) is 0. The lowest BCUT2D eigenvalue weighted by Gasteiger charge is -2.20. The van der Waals surface area contributed by atoms with Gasteiger partial charge in [-0.3, -0.25) is 4.79 Å². The molecule has 0 unspecified atom stereocenters. The van der Waals surface area contributed by atoms with Crippen molar-refractivity contribution in [1.29, 1.82) is 0 Å². The fourth-order valence-corrected chi connectivity index (χ4v) is 1.39. The van der Waals surface area contributed by atoms with Crippen molar-refractivity contribution in [1.82, 2.24) is 10.6 Å². The van der Waals surface area contributed by atoms with E-state index in [1.165, 1.54) is 0 Å². The number of aliphatic carboxylic acids is 1. The van der Waals surface area contributed by atoms with Gasteiger partial charge < -0.3 is 20.5 Å². The molecule has 0 spiro atoms. The molecule has 0 aromatic rings. The molecule has 110 valence electrons. The Morgan fingerprint density at radius 2 is 1.89 bits per heavy atom. The van der Waals surface area contributed by atoms with Gasteiger partial charge in [-0.2, -0.15) is 0 Å². The Kier molecular flexibility index (Phi) is 8.32. The minimum absolute atomic E-state index is 0.0579. The van der Waals surface area contributed by atoms with Crippen LogP contribution in [-0.4, -0.2) is 42.3 Å². The van der Waals surface area contributed by atoms with Crippen LogP contribution in [0.15, 0.2) is 0 Å². The fourth-order valence-electron chi connectivity index (χ4n) is 1.39. The molecule has 0 fully saturated rings. The van der Waals surface area contributed by atoms with Crippen molar-refractivity contribution in [2.24, 2.45) is 5.92 Å². The highest BCUT2D eigenvalue weighted by molar-refractivity contribution is 5.83. The van der Waals surface area contributed by atoms with Crippen LogP contribution in [0.5, 0.6) is 0 Å². The van der Waals surface area contributed by atoms with Crippen LogP contribution in [0.25, 0.3) is 0 Å². The normalized spacial score (nSPS) is 13.2. The third kappa shape index (κ3) is 7.28. The van der Waals surface area contributed by atoms with Gasteiger partial charge in [0, 0.05) is 6.54 Å². The zero-order valence-corrected chi connectivity index (χ0v) is 11.6. The highest BCUT2D eigenvalue weighted by Gasteiger charge is 2.25. The molecule has 0 aromatic carbocycles. The number of carbonyl (C=O) groups is 3. The number of urea groups is 1. The Hall–Kier alpha value is -1.79. The maximum Gasteiger partial charge on any atom is 0.326 e. The average Bonchev–Trinajstić information content (AvgIpc) is 2.35. The molecule has 3 N–H and O–H groups in total. The molecule has 0 saturated heterocycles. The molecule has 0 aliphatic heterocycles. The minimum Gasteiger partial charge on any atom is -0.480 e. The lowest BCUT2D eigenvalue weighted by molar-refractivity contribution is -0.143. The summed E-state index contributed by atoms with van der Waals surface area (Å²) in [7, 11) is 0. The van der Waals surface area contributed by atoms with Crippen molar-refractivity contribution in [2.45, 2.75) is 39.7 Å². The van der Waals surface area contributed by atoms with E-state index in [2.05, 4.69) is 10.6 Å². The lowest BCUT2D eigenvalue weighted by atomic mass is 9.99. The highest BCUT2D eigenvalue weighted by Crippen LogP contribution is 2.07. The quantitative estimate of drug-likeness (QED) is 0.566. The Morgan fingerprint density at radius 1 is 1.26 bits per heavy atom. The van der Waals surface area contributed by atoms with Gasteiger partial charge in [0.05, 0.1) is 13.0 Å². The van der Waals surface area contributed by atoms with Crippen LogP contribution >= 0.6 is 0 Å². The Bertz CT molecular complexity index is 319. The van der Waals surface area contributed by atoms with Crippen molar-refractivity contribution < 1.29 is 24.2 Å². The summed E-state index contributed by atoms with van der Waals surface area (Å²) in [6.07, 6.45) is 0.697. The number of carboxylic acids is 1. The molecule has 0 aliphatic carbocycles. The molecule has 0 saturated carbocycles.